The molecule has 0 aromatic carbocycles. The lowest BCUT2D eigenvalue weighted by molar-refractivity contribution is -0.0509. The summed E-state index contributed by atoms with van der Waals surface area (Å²) in [5.74, 6) is 1.78. The first-order chi connectivity index (χ1) is 7.65. The van der Waals surface area contributed by atoms with Gasteiger partial charge in [-0.05, 0) is 32.6 Å². The summed E-state index contributed by atoms with van der Waals surface area (Å²) in [6, 6.07) is 0. The number of rotatable bonds is 2. The van der Waals surface area contributed by atoms with Gasteiger partial charge in [0, 0.05) is 20.1 Å². The molecule has 2 rings (SSSR count). The Balaban J connectivity index is 0.00000144. The molecule has 0 aromatic heterocycles. The van der Waals surface area contributed by atoms with Crippen LogP contribution in [0.15, 0.2) is 4.99 Å². The first kappa shape index (κ1) is 15.0. The highest BCUT2D eigenvalue weighted by molar-refractivity contribution is 14.0. The van der Waals surface area contributed by atoms with E-state index in [1.165, 1.54) is 0 Å². The topological polar surface area (TPSA) is 36.9 Å². The first-order valence-corrected chi connectivity index (χ1v) is 6.30. The minimum Gasteiger partial charge on any atom is -0.376 e. The van der Waals surface area contributed by atoms with Crippen LogP contribution in [0.2, 0.25) is 0 Å². The van der Waals surface area contributed by atoms with Gasteiger partial charge in [-0.2, -0.15) is 0 Å². The van der Waals surface area contributed by atoms with Gasteiger partial charge < -0.3 is 15.0 Å². The number of guanidine groups is 1. The Bertz CT molecular complexity index is 262. The maximum absolute atomic E-state index is 5.74. The zero-order valence-electron chi connectivity index (χ0n) is 11.0. The van der Waals surface area contributed by atoms with Gasteiger partial charge in [0.25, 0.3) is 0 Å². The third-order valence-corrected chi connectivity index (χ3v) is 3.40. The molecule has 0 amide bonds. The van der Waals surface area contributed by atoms with Crippen LogP contribution < -0.4 is 5.32 Å². The van der Waals surface area contributed by atoms with Crippen LogP contribution in [0.25, 0.3) is 0 Å². The van der Waals surface area contributed by atoms with E-state index < -0.39 is 0 Å². The number of ether oxygens (including phenoxy) is 1. The van der Waals surface area contributed by atoms with Gasteiger partial charge in [-0.3, -0.25) is 4.99 Å². The molecule has 0 saturated carbocycles. The fraction of sp³-hybridized carbons (Fsp3) is 0.917. The van der Waals surface area contributed by atoms with E-state index in [0.717, 1.165) is 44.4 Å². The number of hydrogen-bond acceptors (Lipinski definition) is 4. The molecule has 1 saturated heterocycles. The van der Waals surface area contributed by atoms with E-state index in [1.54, 1.807) is 0 Å². The van der Waals surface area contributed by atoms with Crippen molar-refractivity contribution >= 4 is 29.9 Å². The predicted octanol–water partition coefficient (Wildman–Crippen LogP) is 1.70. The fourth-order valence-corrected chi connectivity index (χ4v) is 2.67. The number of nitrogens with zero attached hydrogens (tertiary/aromatic N) is 2. The molecule has 100 valence electrons. The molecule has 2 aliphatic rings. The molecule has 5 heteroatoms. The number of hydrogen-bond donors (Lipinski definition) is 1. The number of aliphatic imine (C=N–C) groups is 1. The molecular formula is C12H24IN3O. The van der Waals surface area contributed by atoms with Crippen molar-refractivity contribution in [2.45, 2.75) is 38.9 Å². The highest BCUT2D eigenvalue weighted by Crippen LogP contribution is 2.23. The molecule has 17 heavy (non-hydrogen) atoms. The second kappa shape index (κ2) is 6.78. The van der Waals surface area contributed by atoms with Gasteiger partial charge in [0.05, 0.1) is 18.8 Å². The van der Waals surface area contributed by atoms with E-state index in [-0.39, 0.29) is 24.0 Å². The van der Waals surface area contributed by atoms with Crippen molar-refractivity contribution in [2.24, 2.45) is 10.9 Å². The monoisotopic (exact) mass is 353 g/mol. The molecule has 2 aliphatic heterocycles. The maximum Gasteiger partial charge on any atom is 0.193 e. The molecule has 0 aromatic rings. The van der Waals surface area contributed by atoms with Gasteiger partial charge in [0.15, 0.2) is 5.96 Å². The molecule has 4 nitrogen and oxygen atoms in total. The molecule has 0 bridgehead atoms. The van der Waals surface area contributed by atoms with E-state index in [1.807, 2.05) is 0 Å². The van der Waals surface area contributed by atoms with Gasteiger partial charge >= 0.3 is 0 Å². The van der Waals surface area contributed by atoms with Crippen LogP contribution in [0.5, 0.6) is 0 Å². The minimum atomic E-state index is 0. The summed E-state index contributed by atoms with van der Waals surface area (Å²) in [6.45, 7) is 7.34. The van der Waals surface area contributed by atoms with Crippen LogP contribution in [0.4, 0.5) is 0 Å². The summed E-state index contributed by atoms with van der Waals surface area (Å²) >= 11 is 0. The summed E-state index contributed by atoms with van der Waals surface area (Å²) in [6.07, 6.45) is 3.13. The average molecular weight is 353 g/mol. The van der Waals surface area contributed by atoms with Crippen LogP contribution in [-0.4, -0.2) is 49.7 Å². The summed E-state index contributed by atoms with van der Waals surface area (Å²) in [7, 11) is 2.09. The van der Waals surface area contributed by atoms with Crippen molar-refractivity contribution in [3.05, 3.63) is 0 Å². The number of halogens is 1. The Kier molecular flexibility index (Phi) is 5.99. The summed E-state index contributed by atoms with van der Waals surface area (Å²) in [4.78, 5) is 6.63. The van der Waals surface area contributed by atoms with Crippen LogP contribution in [0.3, 0.4) is 0 Å². The van der Waals surface area contributed by atoms with E-state index in [2.05, 4.69) is 36.1 Å². The SMILES string of the molecule is CC1CC(CNC2=NCCN2C)CC(C)O1.I. The zero-order chi connectivity index (χ0) is 11.5. The normalized spacial score (nSPS) is 33.0. The largest absolute Gasteiger partial charge is 0.376 e. The van der Waals surface area contributed by atoms with E-state index in [9.17, 15) is 0 Å². The highest BCUT2D eigenvalue weighted by Gasteiger charge is 2.25. The molecular weight excluding hydrogens is 329 g/mol. The van der Waals surface area contributed by atoms with Crippen LogP contribution in [0.1, 0.15) is 26.7 Å². The van der Waals surface area contributed by atoms with Crippen molar-refractivity contribution in [1.29, 1.82) is 0 Å². The molecule has 1 N–H and O–H groups in total. The smallest absolute Gasteiger partial charge is 0.193 e. The van der Waals surface area contributed by atoms with E-state index in [4.69, 9.17) is 4.74 Å². The van der Waals surface area contributed by atoms with Crippen molar-refractivity contribution in [3.63, 3.8) is 0 Å². The summed E-state index contributed by atoms with van der Waals surface area (Å²) < 4.78 is 5.74. The Labute approximate surface area is 121 Å². The van der Waals surface area contributed by atoms with Gasteiger partial charge in [0.2, 0.25) is 0 Å². The Morgan fingerprint density at radius 2 is 2.00 bits per heavy atom. The van der Waals surface area contributed by atoms with Crippen molar-refractivity contribution < 1.29 is 4.74 Å². The highest BCUT2D eigenvalue weighted by atomic mass is 127. The second-order valence-corrected chi connectivity index (χ2v) is 5.10. The molecule has 0 spiro atoms. The number of nitrogens with one attached hydrogen (secondary N) is 1. The molecule has 1 fully saturated rings. The second-order valence-electron chi connectivity index (χ2n) is 5.10. The van der Waals surface area contributed by atoms with Crippen molar-refractivity contribution in [3.8, 4) is 0 Å². The molecule has 0 aliphatic carbocycles. The van der Waals surface area contributed by atoms with Crippen molar-refractivity contribution in [2.75, 3.05) is 26.7 Å². The minimum absolute atomic E-state index is 0. The Hall–Kier alpha value is -0.0400. The molecule has 2 heterocycles. The zero-order valence-corrected chi connectivity index (χ0v) is 13.3. The standard InChI is InChI=1S/C12H23N3O.HI/c1-9-6-11(7-10(2)16-9)8-14-12-13-4-5-15(12)3;/h9-11H,4-8H2,1-3H3,(H,13,14);1H. The summed E-state index contributed by atoms with van der Waals surface area (Å²) in [5, 5.41) is 3.46. The first-order valence-electron chi connectivity index (χ1n) is 6.30. The van der Waals surface area contributed by atoms with Crippen LogP contribution in [-0.2, 0) is 4.74 Å². The Morgan fingerprint density at radius 1 is 1.35 bits per heavy atom. The van der Waals surface area contributed by atoms with Gasteiger partial charge in [0.1, 0.15) is 0 Å². The van der Waals surface area contributed by atoms with Crippen LogP contribution >= 0.6 is 24.0 Å². The lowest BCUT2D eigenvalue weighted by atomic mass is 9.92. The maximum atomic E-state index is 5.74. The lowest BCUT2D eigenvalue weighted by Gasteiger charge is -2.32. The van der Waals surface area contributed by atoms with Crippen LogP contribution in [0, 0.1) is 5.92 Å². The Morgan fingerprint density at radius 3 is 2.53 bits per heavy atom. The third-order valence-electron chi connectivity index (χ3n) is 3.40. The van der Waals surface area contributed by atoms with Gasteiger partial charge in [-0.1, -0.05) is 0 Å². The number of likely N-dealkylation sites (N-methyl/N-ethyl adjacent to an activating group) is 1. The summed E-state index contributed by atoms with van der Waals surface area (Å²) in [5.41, 5.74) is 0. The van der Waals surface area contributed by atoms with Gasteiger partial charge in [-0.25, -0.2) is 0 Å². The molecule has 0 radical (unpaired) electrons. The fourth-order valence-electron chi connectivity index (χ4n) is 2.67. The van der Waals surface area contributed by atoms with E-state index in [0.29, 0.717) is 12.2 Å². The van der Waals surface area contributed by atoms with E-state index >= 15 is 0 Å². The third kappa shape index (κ3) is 4.28. The molecule has 2 atom stereocenters. The lowest BCUT2D eigenvalue weighted by Crippen LogP contribution is -2.41. The van der Waals surface area contributed by atoms with Crippen molar-refractivity contribution in [1.82, 2.24) is 10.2 Å². The predicted molar refractivity (Wildman–Crippen MR) is 81.1 cm³/mol. The van der Waals surface area contributed by atoms with Gasteiger partial charge in [-0.15, -0.1) is 24.0 Å². The molecule has 2 unspecified atom stereocenters. The quantitative estimate of drug-likeness (QED) is 0.768. The average Bonchev–Trinajstić information content (AvgIpc) is 2.59.